The van der Waals surface area contributed by atoms with Gasteiger partial charge in [-0.05, 0) is 25.1 Å². The van der Waals surface area contributed by atoms with Crippen molar-refractivity contribution in [3.8, 4) is 5.75 Å². The lowest BCUT2D eigenvalue weighted by Crippen LogP contribution is -2.11. The molecule has 2 aromatic rings. The van der Waals surface area contributed by atoms with Gasteiger partial charge in [0.1, 0.15) is 17.1 Å². The van der Waals surface area contributed by atoms with Gasteiger partial charge in [-0.15, -0.1) is 0 Å². The Morgan fingerprint density at radius 3 is 2.47 bits per heavy atom. The summed E-state index contributed by atoms with van der Waals surface area (Å²) in [6, 6.07) is 11.0. The molecule has 19 heavy (non-hydrogen) atoms. The van der Waals surface area contributed by atoms with Crippen molar-refractivity contribution >= 4 is 11.7 Å². The molecule has 0 radical (unpaired) electrons. The maximum absolute atomic E-state index is 11.8. The summed E-state index contributed by atoms with van der Waals surface area (Å²) in [4.78, 5) is 25.8. The summed E-state index contributed by atoms with van der Waals surface area (Å²) < 4.78 is 5.08. The van der Waals surface area contributed by atoms with Gasteiger partial charge in [0.2, 0.25) is 0 Å². The van der Waals surface area contributed by atoms with Gasteiger partial charge >= 0.3 is 5.97 Å². The van der Waals surface area contributed by atoms with Crippen LogP contribution in [0.5, 0.6) is 5.75 Å². The second-order valence-electron chi connectivity index (χ2n) is 3.76. The van der Waals surface area contributed by atoms with Crippen LogP contribution < -0.4 is 4.74 Å². The number of pyridine rings is 1. The topological polar surface area (TPSA) is 82.3 Å². The highest BCUT2D eigenvalue weighted by Gasteiger charge is 2.16. The number of carbonyl (C=O) groups is 1. The van der Waals surface area contributed by atoms with Gasteiger partial charge in [0, 0.05) is 6.07 Å². The standard InChI is InChI=1S/C13H10N2O4/c1-9-12(15(17)18)8-7-11(14-9)13(16)19-10-5-3-2-4-6-10/h2-8H,1H3. The van der Waals surface area contributed by atoms with Crippen LogP contribution in [0.2, 0.25) is 0 Å². The Hall–Kier alpha value is -2.76. The molecule has 0 amide bonds. The molecule has 0 spiro atoms. The molecule has 6 nitrogen and oxygen atoms in total. The molecule has 1 aromatic carbocycles. The fraction of sp³-hybridized carbons (Fsp3) is 0.0769. The summed E-state index contributed by atoms with van der Waals surface area (Å²) in [5.41, 5.74) is 0.0794. The number of benzene rings is 1. The predicted molar refractivity (Wildman–Crippen MR) is 67.0 cm³/mol. The number of para-hydroxylation sites is 1. The van der Waals surface area contributed by atoms with E-state index in [0.29, 0.717) is 5.75 Å². The zero-order chi connectivity index (χ0) is 13.8. The lowest BCUT2D eigenvalue weighted by Gasteiger charge is -2.04. The number of hydrogen-bond donors (Lipinski definition) is 0. The van der Waals surface area contributed by atoms with Crippen LogP contribution in [-0.2, 0) is 0 Å². The normalized spacial score (nSPS) is 9.95. The molecular formula is C13H10N2O4. The SMILES string of the molecule is Cc1nc(C(=O)Oc2ccccc2)ccc1[N+](=O)[O-]. The molecule has 0 atom stereocenters. The molecule has 0 N–H and O–H groups in total. The molecular weight excluding hydrogens is 248 g/mol. The van der Waals surface area contributed by atoms with Gasteiger partial charge in [-0.1, -0.05) is 18.2 Å². The van der Waals surface area contributed by atoms with Crippen LogP contribution in [0.15, 0.2) is 42.5 Å². The van der Waals surface area contributed by atoms with Crippen molar-refractivity contribution < 1.29 is 14.5 Å². The molecule has 1 aromatic heterocycles. The fourth-order valence-electron chi connectivity index (χ4n) is 1.51. The van der Waals surface area contributed by atoms with E-state index < -0.39 is 10.9 Å². The minimum atomic E-state index is -0.649. The molecule has 2 rings (SSSR count). The predicted octanol–water partition coefficient (Wildman–Crippen LogP) is 2.52. The smallest absolute Gasteiger partial charge is 0.362 e. The van der Waals surface area contributed by atoms with E-state index in [-0.39, 0.29) is 17.1 Å². The maximum atomic E-state index is 11.8. The third-order valence-electron chi connectivity index (χ3n) is 2.42. The lowest BCUT2D eigenvalue weighted by atomic mass is 10.2. The van der Waals surface area contributed by atoms with E-state index in [2.05, 4.69) is 4.98 Å². The Morgan fingerprint density at radius 1 is 1.21 bits per heavy atom. The minimum Gasteiger partial charge on any atom is -0.422 e. The van der Waals surface area contributed by atoms with Gasteiger partial charge in [-0.3, -0.25) is 10.1 Å². The summed E-state index contributed by atoms with van der Waals surface area (Å²) in [6.45, 7) is 1.47. The van der Waals surface area contributed by atoms with Crippen LogP contribution in [-0.4, -0.2) is 15.9 Å². The summed E-state index contributed by atoms with van der Waals surface area (Å²) in [5.74, 6) is -0.255. The number of nitrogens with zero attached hydrogens (tertiary/aromatic N) is 2. The van der Waals surface area contributed by atoms with E-state index in [0.717, 1.165) is 0 Å². The molecule has 0 aliphatic rings. The van der Waals surface area contributed by atoms with E-state index in [4.69, 9.17) is 4.74 Å². The highest BCUT2D eigenvalue weighted by atomic mass is 16.6. The number of aromatic nitrogens is 1. The minimum absolute atomic E-state index is 0.0342. The summed E-state index contributed by atoms with van der Waals surface area (Å²) in [7, 11) is 0. The van der Waals surface area contributed by atoms with E-state index in [1.807, 2.05) is 0 Å². The zero-order valence-corrected chi connectivity index (χ0v) is 10.1. The molecule has 6 heteroatoms. The Kier molecular flexibility index (Phi) is 3.51. The molecule has 0 saturated carbocycles. The Morgan fingerprint density at radius 2 is 1.89 bits per heavy atom. The number of esters is 1. The third kappa shape index (κ3) is 2.92. The Bertz CT molecular complexity index is 626. The molecule has 0 saturated heterocycles. The van der Waals surface area contributed by atoms with Crippen LogP contribution in [0, 0.1) is 17.0 Å². The number of nitro groups is 1. The van der Waals surface area contributed by atoms with Crippen molar-refractivity contribution in [3.05, 3.63) is 64.0 Å². The van der Waals surface area contributed by atoms with Crippen LogP contribution in [0.1, 0.15) is 16.2 Å². The highest BCUT2D eigenvalue weighted by molar-refractivity contribution is 5.89. The highest BCUT2D eigenvalue weighted by Crippen LogP contribution is 2.17. The summed E-state index contributed by atoms with van der Waals surface area (Å²) in [6.07, 6.45) is 0. The van der Waals surface area contributed by atoms with Crippen LogP contribution in [0.25, 0.3) is 0 Å². The van der Waals surface area contributed by atoms with E-state index >= 15 is 0 Å². The first-order chi connectivity index (χ1) is 9.08. The first-order valence-corrected chi connectivity index (χ1v) is 5.47. The first kappa shape index (κ1) is 12.7. The first-order valence-electron chi connectivity index (χ1n) is 5.47. The number of rotatable bonds is 3. The van der Waals surface area contributed by atoms with E-state index in [1.165, 1.54) is 19.1 Å². The zero-order valence-electron chi connectivity index (χ0n) is 10.1. The van der Waals surface area contributed by atoms with Crippen molar-refractivity contribution in [1.82, 2.24) is 4.98 Å². The van der Waals surface area contributed by atoms with Gasteiger partial charge in [0.25, 0.3) is 5.69 Å². The number of hydrogen-bond acceptors (Lipinski definition) is 5. The molecule has 0 fully saturated rings. The maximum Gasteiger partial charge on any atom is 0.362 e. The third-order valence-corrected chi connectivity index (χ3v) is 2.42. The fourth-order valence-corrected chi connectivity index (χ4v) is 1.51. The summed E-state index contributed by atoms with van der Waals surface area (Å²) >= 11 is 0. The molecule has 0 aliphatic carbocycles. The molecule has 1 heterocycles. The van der Waals surface area contributed by atoms with E-state index in [9.17, 15) is 14.9 Å². The average Bonchev–Trinajstić information content (AvgIpc) is 2.39. The Balaban J connectivity index is 2.21. The van der Waals surface area contributed by atoms with Crippen LogP contribution in [0.4, 0.5) is 5.69 Å². The van der Waals surface area contributed by atoms with Gasteiger partial charge < -0.3 is 4.74 Å². The second kappa shape index (κ2) is 5.26. The summed E-state index contributed by atoms with van der Waals surface area (Å²) in [5, 5.41) is 10.6. The van der Waals surface area contributed by atoms with Gasteiger partial charge in [-0.25, -0.2) is 9.78 Å². The quantitative estimate of drug-likeness (QED) is 0.365. The van der Waals surface area contributed by atoms with Gasteiger partial charge in [-0.2, -0.15) is 0 Å². The molecule has 0 unspecified atom stereocenters. The lowest BCUT2D eigenvalue weighted by molar-refractivity contribution is -0.385. The number of ether oxygens (including phenoxy) is 1. The van der Waals surface area contributed by atoms with Crippen molar-refractivity contribution in [3.63, 3.8) is 0 Å². The molecule has 96 valence electrons. The van der Waals surface area contributed by atoms with E-state index in [1.54, 1.807) is 30.3 Å². The van der Waals surface area contributed by atoms with Gasteiger partial charge in [0.15, 0.2) is 0 Å². The Labute approximate surface area is 108 Å². The molecule has 0 bridgehead atoms. The average molecular weight is 258 g/mol. The van der Waals surface area contributed by atoms with Gasteiger partial charge in [0.05, 0.1) is 4.92 Å². The number of carbonyl (C=O) groups excluding carboxylic acids is 1. The van der Waals surface area contributed by atoms with Crippen molar-refractivity contribution in [2.24, 2.45) is 0 Å². The van der Waals surface area contributed by atoms with Crippen LogP contribution >= 0.6 is 0 Å². The van der Waals surface area contributed by atoms with Crippen molar-refractivity contribution in [2.75, 3.05) is 0 Å². The van der Waals surface area contributed by atoms with Crippen LogP contribution in [0.3, 0.4) is 0 Å². The van der Waals surface area contributed by atoms with Crippen molar-refractivity contribution in [2.45, 2.75) is 6.92 Å². The largest absolute Gasteiger partial charge is 0.422 e. The second-order valence-corrected chi connectivity index (χ2v) is 3.76. The monoisotopic (exact) mass is 258 g/mol. The van der Waals surface area contributed by atoms with Crippen molar-refractivity contribution in [1.29, 1.82) is 0 Å². The molecule has 0 aliphatic heterocycles. The number of aryl methyl sites for hydroxylation is 1.